The number of hydrogen-bond acceptors (Lipinski definition) is 3. The van der Waals surface area contributed by atoms with Gasteiger partial charge in [0.2, 0.25) is 0 Å². The summed E-state index contributed by atoms with van der Waals surface area (Å²) in [4.78, 5) is 2.37. The zero-order valence-electron chi connectivity index (χ0n) is 10.7. The largest absolute Gasteiger partial charge is 0.314 e. The zero-order chi connectivity index (χ0) is 11.3. The van der Waals surface area contributed by atoms with Crippen LogP contribution in [0.5, 0.6) is 0 Å². The van der Waals surface area contributed by atoms with E-state index in [0.717, 1.165) is 25.6 Å². The summed E-state index contributed by atoms with van der Waals surface area (Å²) in [5.74, 6) is 0.820. The van der Waals surface area contributed by atoms with Gasteiger partial charge in [0.05, 0.1) is 0 Å². The van der Waals surface area contributed by atoms with E-state index in [9.17, 15) is 0 Å². The van der Waals surface area contributed by atoms with Gasteiger partial charge in [-0.3, -0.25) is 0 Å². The highest BCUT2D eigenvalue weighted by molar-refractivity contribution is 4.85. The normalized spacial score (nSPS) is 19.6. The summed E-state index contributed by atoms with van der Waals surface area (Å²) in [6.07, 6.45) is 2.56. The molecule has 1 unspecified atom stereocenters. The summed E-state index contributed by atoms with van der Waals surface area (Å²) in [6.45, 7) is 8.02. The molecule has 0 aromatic heterocycles. The molecule has 1 aliphatic heterocycles. The molecule has 1 rings (SSSR count). The van der Waals surface area contributed by atoms with Crippen molar-refractivity contribution < 1.29 is 0 Å². The lowest BCUT2D eigenvalue weighted by Gasteiger charge is -2.35. The Morgan fingerprint density at radius 3 is 2.20 bits per heavy atom. The highest BCUT2D eigenvalue weighted by atomic mass is 15.2. The smallest absolute Gasteiger partial charge is 0.0318 e. The highest BCUT2D eigenvalue weighted by Gasteiger charge is 2.23. The van der Waals surface area contributed by atoms with E-state index in [2.05, 4.69) is 43.5 Å². The molecule has 1 saturated heterocycles. The average Bonchev–Trinajstić information content (AvgIpc) is 2.14. The molecular formula is C12H27N3. The molecule has 0 radical (unpaired) electrons. The number of nitrogens with zero attached hydrogens (tertiary/aromatic N) is 1. The SMILES string of the molecule is CCC(CC)C(CNC1CNC1)N(C)C. The first-order valence-corrected chi connectivity index (χ1v) is 6.29. The van der Waals surface area contributed by atoms with Crippen molar-refractivity contribution in [1.29, 1.82) is 0 Å². The van der Waals surface area contributed by atoms with Crippen LogP contribution in [-0.4, -0.2) is 50.7 Å². The average molecular weight is 213 g/mol. The Hall–Kier alpha value is -0.120. The van der Waals surface area contributed by atoms with Gasteiger partial charge >= 0.3 is 0 Å². The van der Waals surface area contributed by atoms with Crippen molar-refractivity contribution in [2.45, 2.75) is 38.8 Å². The molecule has 2 N–H and O–H groups in total. The van der Waals surface area contributed by atoms with Gasteiger partial charge in [-0.05, 0) is 20.0 Å². The van der Waals surface area contributed by atoms with E-state index in [4.69, 9.17) is 0 Å². The summed E-state index contributed by atoms with van der Waals surface area (Å²) in [7, 11) is 4.40. The summed E-state index contributed by atoms with van der Waals surface area (Å²) < 4.78 is 0. The van der Waals surface area contributed by atoms with Crippen LogP contribution in [0.4, 0.5) is 0 Å². The van der Waals surface area contributed by atoms with Gasteiger partial charge in [-0.2, -0.15) is 0 Å². The molecule has 0 bridgehead atoms. The summed E-state index contributed by atoms with van der Waals surface area (Å²) in [6, 6.07) is 1.39. The second kappa shape index (κ2) is 6.46. The molecule has 3 heteroatoms. The van der Waals surface area contributed by atoms with Crippen LogP contribution in [0.3, 0.4) is 0 Å². The van der Waals surface area contributed by atoms with Gasteiger partial charge in [0.1, 0.15) is 0 Å². The Balaban J connectivity index is 2.34. The number of nitrogens with one attached hydrogen (secondary N) is 2. The van der Waals surface area contributed by atoms with Crippen molar-refractivity contribution in [3.05, 3.63) is 0 Å². The van der Waals surface area contributed by atoms with Gasteiger partial charge in [0.15, 0.2) is 0 Å². The minimum Gasteiger partial charge on any atom is -0.314 e. The van der Waals surface area contributed by atoms with Crippen LogP contribution in [0.1, 0.15) is 26.7 Å². The van der Waals surface area contributed by atoms with Crippen molar-refractivity contribution in [2.24, 2.45) is 5.92 Å². The third-order valence-corrected chi connectivity index (χ3v) is 3.65. The molecule has 0 spiro atoms. The molecule has 1 aliphatic rings. The monoisotopic (exact) mass is 213 g/mol. The lowest BCUT2D eigenvalue weighted by molar-refractivity contribution is 0.183. The Morgan fingerprint density at radius 2 is 1.87 bits per heavy atom. The topological polar surface area (TPSA) is 27.3 Å². The quantitative estimate of drug-likeness (QED) is 0.658. The van der Waals surface area contributed by atoms with Crippen molar-refractivity contribution >= 4 is 0 Å². The van der Waals surface area contributed by atoms with Crippen molar-refractivity contribution in [3.8, 4) is 0 Å². The van der Waals surface area contributed by atoms with Crippen LogP contribution in [0.25, 0.3) is 0 Å². The maximum atomic E-state index is 3.65. The minimum absolute atomic E-state index is 0.681. The van der Waals surface area contributed by atoms with Gasteiger partial charge in [-0.1, -0.05) is 26.7 Å². The van der Waals surface area contributed by atoms with E-state index in [-0.39, 0.29) is 0 Å². The molecule has 0 saturated carbocycles. The number of rotatable bonds is 7. The van der Waals surface area contributed by atoms with Gasteiger partial charge in [-0.25, -0.2) is 0 Å². The molecule has 0 aromatic rings. The van der Waals surface area contributed by atoms with E-state index in [0.29, 0.717) is 12.1 Å². The number of likely N-dealkylation sites (N-methyl/N-ethyl adjacent to an activating group) is 1. The second-order valence-corrected chi connectivity index (χ2v) is 4.87. The summed E-state index contributed by atoms with van der Waals surface area (Å²) in [5, 5.41) is 6.94. The maximum absolute atomic E-state index is 3.65. The van der Waals surface area contributed by atoms with Crippen LogP contribution in [0.15, 0.2) is 0 Å². The van der Waals surface area contributed by atoms with Crippen LogP contribution in [-0.2, 0) is 0 Å². The van der Waals surface area contributed by atoms with Crippen LogP contribution in [0.2, 0.25) is 0 Å². The lowest BCUT2D eigenvalue weighted by Crippen LogP contribution is -2.58. The van der Waals surface area contributed by atoms with Gasteiger partial charge in [0, 0.05) is 31.7 Å². The van der Waals surface area contributed by atoms with Gasteiger partial charge in [0.25, 0.3) is 0 Å². The Bertz CT molecular complexity index is 162. The number of hydrogen-bond donors (Lipinski definition) is 2. The molecule has 0 aliphatic carbocycles. The highest BCUT2D eigenvalue weighted by Crippen LogP contribution is 2.16. The zero-order valence-corrected chi connectivity index (χ0v) is 10.7. The van der Waals surface area contributed by atoms with E-state index < -0.39 is 0 Å². The summed E-state index contributed by atoms with van der Waals surface area (Å²) >= 11 is 0. The molecule has 90 valence electrons. The fourth-order valence-electron chi connectivity index (χ4n) is 2.32. The van der Waals surface area contributed by atoms with E-state index in [1.54, 1.807) is 0 Å². The molecule has 0 amide bonds. The fraction of sp³-hybridized carbons (Fsp3) is 1.00. The Kier molecular flexibility index (Phi) is 5.58. The lowest BCUT2D eigenvalue weighted by atomic mass is 9.93. The first kappa shape index (κ1) is 12.9. The molecule has 15 heavy (non-hydrogen) atoms. The third kappa shape index (κ3) is 3.74. The third-order valence-electron chi connectivity index (χ3n) is 3.65. The molecule has 1 atom stereocenters. The molecule has 1 heterocycles. The second-order valence-electron chi connectivity index (χ2n) is 4.87. The Morgan fingerprint density at radius 1 is 1.27 bits per heavy atom. The fourth-order valence-corrected chi connectivity index (χ4v) is 2.32. The first-order valence-electron chi connectivity index (χ1n) is 6.29. The van der Waals surface area contributed by atoms with E-state index in [1.807, 2.05) is 0 Å². The van der Waals surface area contributed by atoms with Crippen molar-refractivity contribution in [3.63, 3.8) is 0 Å². The van der Waals surface area contributed by atoms with Gasteiger partial charge < -0.3 is 15.5 Å². The van der Waals surface area contributed by atoms with E-state index in [1.165, 1.54) is 12.8 Å². The minimum atomic E-state index is 0.681. The molecular weight excluding hydrogens is 186 g/mol. The Labute approximate surface area is 94.6 Å². The molecule has 1 fully saturated rings. The molecule has 3 nitrogen and oxygen atoms in total. The standard InChI is InChI=1S/C12H27N3/c1-5-10(6-2)12(15(3)4)9-14-11-7-13-8-11/h10-14H,5-9H2,1-4H3. The van der Waals surface area contributed by atoms with Crippen LogP contribution >= 0.6 is 0 Å². The molecule has 0 aromatic carbocycles. The summed E-state index contributed by atoms with van der Waals surface area (Å²) in [5.41, 5.74) is 0. The van der Waals surface area contributed by atoms with E-state index >= 15 is 0 Å². The predicted molar refractivity (Wildman–Crippen MR) is 66.2 cm³/mol. The van der Waals surface area contributed by atoms with Gasteiger partial charge in [-0.15, -0.1) is 0 Å². The maximum Gasteiger partial charge on any atom is 0.0318 e. The van der Waals surface area contributed by atoms with Crippen molar-refractivity contribution in [2.75, 3.05) is 33.7 Å². The van der Waals surface area contributed by atoms with Crippen LogP contribution in [0, 0.1) is 5.92 Å². The van der Waals surface area contributed by atoms with Crippen molar-refractivity contribution in [1.82, 2.24) is 15.5 Å². The van der Waals surface area contributed by atoms with Crippen LogP contribution < -0.4 is 10.6 Å². The first-order chi connectivity index (χ1) is 7.19. The predicted octanol–water partition coefficient (Wildman–Crippen LogP) is 0.914.